The number of aromatic nitrogens is 5. The summed E-state index contributed by atoms with van der Waals surface area (Å²) in [7, 11) is 1.91. The Balaban J connectivity index is 1.12. The first kappa shape index (κ1) is 21.4. The summed E-state index contributed by atoms with van der Waals surface area (Å²) in [4.78, 5) is 10.2. The van der Waals surface area contributed by atoms with Crippen LogP contribution in [-0.2, 0) is 18.6 Å². The highest BCUT2D eigenvalue weighted by Gasteiger charge is 2.60. The Labute approximate surface area is 187 Å². The first-order valence-electron chi connectivity index (χ1n) is 10.5. The largest absolute Gasteiger partial charge is 0.440 e. The summed E-state index contributed by atoms with van der Waals surface area (Å²) in [6, 6.07) is 2.71. The van der Waals surface area contributed by atoms with E-state index in [-0.39, 0.29) is 5.41 Å². The van der Waals surface area contributed by atoms with Crippen LogP contribution in [-0.4, -0.2) is 55.0 Å². The van der Waals surface area contributed by atoms with Crippen LogP contribution in [0.15, 0.2) is 34.3 Å². The molecule has 7 nitrogen and oxygen atoms in total. The zero-order valence-corrected chi connectivity index (χ0v) is 18.6. The lowest BCUT2D eigenvalue weighted by molar-refractivity contribution is -0.141. The van der Waals surface area contributed by atoms with Crippen LogP contribution in [0.25, 0.3) is 11.6 Å². The van der Waals surface area contributed by atoms with Crippen molar-refractivity contribution in [3.63, 3.8) is 0 Å². The Morgan fingerprint density at radius 2 is 2.09 bits per heavy atom. The molecule has 1 aliphatic carbocycles. The van der Waals surface area contributed by atoms with E-state index in [1.165, 1.54) is 12.6 Å². The normalized spacial score (nSPS) is 23.0. The Kier molecular flexibility index (Phi) is 5.28. The number of nitrogens with zero attached hydrogens (tertiary/aromatic N) is 6. The van der Waals surface area contributed by atoms with Gasteiger partial charge in [0.05, 0.1) is 5.69 Å². The lowest BCUT2D eigenvalue weighted by Crippen LogP contribution is -2.28. The number of thioether (sulfide) groups is 1. The van der Waals surface area contributed by atoms with E-state index in [1.807, 2.05) is 18.5 Å². The molecule has 0 unspecified atom stereocenters. The van der Waals surface area contributed by atoms with Crippen LogP contribution in [0.4, 0.5) is 13.2 Å². The maximum absolute atomic E-state index is 12.8. The molecule has 3 aromatic heterocycles. The molecule has 4 heterocycles. The van der Waals surface area contributed by atoms with E-state index in [0.29, 0.717) is 17.5 Å². The average Bonchev–Trinajstić information content (AvgIpc) is 3.05. The Bertz CT molecular complexity index is 1110. The van der Waals surface area contributed by atoms with Crippen molar-refractivity contribution in [1.29, 1.82) is 0 Å². The van der Waals surface area contributed by atoms with Gasteiger partial charge in [0.2, 0.25) is 5.82 Å². The molecule has 5 rings (SSSR count). The topological polar surface area (TPSA) is 72.9 Å². The Morgan fingerprint density at radius 3 is 2.78 bits per heavy atom. The third-order valence-corrected chi connectivity index (χ3v) is 7.59. The van der Waals surface area contributed by atoms with Crippen molar-refractivity contribution in [2.75, 3.05) is 25.4 Å². The molecule has 0 amide bonds. The van der Waals surface area contributed by atoms with Crippen molar-refractivity contribution < 1.29 is 17.6 Å². The van der Waals surface area contributed by atoms with Gasteiger partial charge >= 0.3 is 6.18 Å². The van der Waals surface area contributed by atoms with Gasteiger partial charge in [-0.15, -0.1) is 10.2 Å². The van der Waals surface area contributed by atoms with E-state index < -0.39 is 11.9 Å². The molecule has 0 radical (unpaired) electrons. The van der Waals surface area contributed by atoms with Crippen molar-refractivity contribution in [2.24, 2.45) is 13.0 Å². The van der Waals surface area contributed by atoms with E-state index in [4.69, 9.17) is 4.42 Å². The lowest BCUT2D eigenvalue weighted by atomic mass is 9.96. The van der Waals surface area contributed by atoms with Gasteiger partial charge < -0.3 is 13.9 Å². The molecule has 170 valence electrons. The zero-order valence-electron chi connectivity index (χ0n) is 17.8. The molecule has 1 saturated heterocycles. The van der Waals surface area contributed by atoms with Crippen LogP contribution in [0.2, 0.25) is 0 Å². The molecule has 1 aliphatic heterocycles. The highest BCUT2D eigenvalue weighted by atomic mass is 32.2. The minimum atomic E-state index is -4.39. The quantitative estimate of drug-likeness (QED) is 0.387. The predicted molar refractivity (Wildman–Crippen MR) is 112 cm³/mol. The Hall–Kier alpha value is -2.40. The number of piperidine rings is 1. The fourth-order valence-corrected chi connectivity index (χ4v) is 5.50. The summed E-state index contributed by atoms with van der Waals surface area (Å²) in [5.74, 6) is 2.71. The second kappa shape index (κ2) is 7.87. The average molecular weight is 465 g/mol. The predicted octanol–water partition coefficient (Wildman–Crippen LogP) is 3.95. The summed E-state index contributed by atoms with van der Waals surface area (Å²) >= 11 is 1.65. The van der Waals surface area contributed by atoms with Crippen molar-refractivity contribution >= 4 is 11.8 Å². The fourth-order valence-electron chi connectivity index (χ4n) is 4.67. The van der Waals surface area contributed by atoms with Crippen LogP contribution in [0, 0.1) is 12.8 Å². The van der Waals surface area contributed by atoms with Crippen molar-refractivity contribution in [3.8, 4) is 11.6 Å². The number of pyridine rings is 1. The van der Waals surface area contributed by atoms with Crippen LogP contribution >= 0.6 is 11.8 Å². The number of aryl methyl sites for hydroxylation is 1. The third kappa shape index (κ3) is 3.81. The molecular formula is C21H23F3N6OS. The first-order valence-corrected chi connectivity index (χ1v) is 11.5. The molecule has 0 spiro atoms. The SMILES string of the molecule is Cc1ncoc1-c1nnc(SCCCN2C[C@@H]3C[C@]3(c3ccc(C(F)(F)F)nc3)C2)n1C. The van der Waals surface area contributed by atoms with Gasteiger partial charge in [0, 0.05) is 37.5 Å². The van der Waals surface area contributed by atoms with Gasteiger partial charge in [-0.25, -0.2) is 4.98 Å². The van der Waals surface area contributed by atoms with Gasteiger partial charge in [-0.05, 0) is 43.9 Å². The number of rotatable bonds is 7. The molecule has 11 heteroatoms. The number of hydrogen-bond acceptors (Lipinski definition) is 7. The van der Waals surface area contributed by atoms with E-state index in [0.717, 1.165) is 60.7 Å². The molecule has 0 bridgehead atoms. The lowest BCUT2D eigenvalue weighted by Gasteiger charge is -2.21. The molecular weight excluding hydrogens is 441 g/mol. The Morgan fingerprint density at radius 1 is 1.25 bits per heavy atom. The van der Waals surface area contributed by atoms with E-state index in [1.54, 1.807) is 17.8 Å². The van der Waals surface area contributed by atoms with Crippen LogP contribution in [0.5, 0.6) is 0 Å². The molecule has 2 aliphatic rings. The number of fused-ring (bicyclic) bond motifs is 1. The molecule has 0 aromatic carbocycles. The maximum atomic E-state index is 12.8. The molecule has 1 saturated carbocycles. The van der Waals surface area contributed by atoms with Gasteiger partial charge in [0.15, 0.2) is 17.3 Å². The molecule has 32 heavy (non-hydrogen) atoms. The highest BCUT2D eigenvalue weighted by molar-refractivity contribution is 7.99. The minimum Gasteiger partial charge on any atom is -0.440 e. The summed E-state index contributed by atoms with van der Waals surface area (Å²) in [6.45, 7) is 4.69. The van der Waals surface area contributed by atoms with E-state index in [2.05, 4.69) is 25.1 Å². The third-order valence-electron chi connectivity index (χ3n) is 6.48. The van der Waals surface area contributed by atoms with Crippen molar-refractivity contribution in [2.45, 2.75) is 36.5 Å². The van der Waals surface area contributed by atoms with Crippen molar-refractivity contribution in [1.82, 2.24) is 29.6 Å². The minimum absolute atomic E-state index is 0.0162. The van der Waals surface area contributed by atoms with E-state index in [9.17, 15) is 13.2 Å². The van der Waals surface area contributed by atoms with Gasteiger partial charge in [0.1, 0.15) is 5.69 Å². The number of likely N-dealkylation sites (tertiary alicyclic amines) is 1. The smallest absolute Gasteiger partial charge is 0.433 e. The second-order valence-electron chi connectivity index (χ2n) is 8.56. The van der Waals surface area contributed by atoms with Gasteiger partial charge in [-0.3, -0.25) is 4.98 Å². The molecule has 2 atom stereocenters. The van der Waals surface area contributed by atoms with Crippen LogP contribution in [0.1, 0.15) is 29.8 Å². The van der Waals surface area contributed by atoms with Gasteiger partial charge in [-0.1, -0.05) is 17.8 Å². The molecule has 2 fully saturated rings. The van der Waals surface area contributed by atoms with Crippen LogP contribution < -0.4 is 0 Å². The number of halogens is 3. The second-order valence-corrected chi connectivity index (χ2v) is 9.62. The highest BCUT2D eigenvalue weighted by Crippen LogP contribution is 2.58. The maximum Gasteiger partial charge on any atom is 0.433 e. The van der Waals surface area contributed by atoms with E-state index >= 15 is 0 Å². The van der Waals surface area contributed by atoms with Gasteiger partial charge in [0.25, 0.3) is 0 Å². The summed E-state index contributed by atoms with van der Waals surface area (Å²) in [5, 5.41) is 9.32. The fraction of sp³-hybridized carbons (Fsp3) is 0.524. The molecule has 3 aromatic rings. The molecule has 0 N–H and O–H groups in total. The number of oxazole rings is 1. The standard InChI is InChI=1S/C21H23F3N6OS/c1-13-17(31-12-26-13)18-27-28-19(29(18)2)32-7-3-6-30-10-15-8-20(15,11-30)14-4-5-16(25-9-14)21(22,23)24/h4-5,9,12,15H,3,6-8,10-11H2,1-2H3/t15-,20+/m0/s1. The summed E-state index contributed by atoms with van der Waals surface area (Å²) in [5.41, 5.74) is 0.869. The summed E-state index contributed by atoms with van der Waals surface area (Å²) < 4.78 is 45.7. The van der Waals surface area contributed by atoms with Crippen molar-refractivity contribution in [3.05, 3.63) is 41.7 Å². The number of hydrogen-bond donors (Lipinski definition) is 0. The van der Waals surface area contributed by atoms with Crippen LogP contribution in [0.3, 0.4) is 0 Å². The first-order chi connectivity index (χ1) is 15.3. The van der Waals surface area contributed by atoms with Gasteiger partial charge in [-0.2, -0.15) is 13.2 Å². The zero-order chi connectivity index (χ0) is 22.5. The summed E-state index contributed by atoms with van der Waals surface area (Å²) in [6.07, 6.45) is 0.455. The number of alkyl halides is 3. The monoisotopic (exact) mass is 464 g/mol.